The van der Waals surface area contributed by atoms with Gasteiger partial charge in [-0.25, -0.2) is 8.78 Å². The Labute approximate surface area is 158 Å². The van der Waals surface area contributed by atoms with Crippen LogP contribution in [0.15, 0.2) is 17.0 Å². The molecule has 0 fully saturated rings. The van der Waals surface area contributed by atoms with Gasteiger partial charge in [0.25, 0.3) is 0 Å². The maximum atomic E-state index is 14.2. The zero-order chi connectivity index (χ0) is 19.7. The molecular formula is C19H27F2NO3S. The molecule has 0 saturated carbocycles. The lowest BCUT2D eigenvalue weighted by molar-refractivity contribution is -0.143. The summed E-state index contributed by atoms with van der Waals surface area (Å²) in [5, 5.41) is 1.82. The van der Waals surface area contributed by atoms with Crippen LogP contribution in [0, 0.1) is 17.6 Å². The third-order valence-electron chi connectivity index (χ3n) is 3.61. The van der Waals surface area contributed by atoms with Crippen molar-refractivity contribution in [3.05, 3.63) is 23.8 Å². The van der Waals surface area contributed by atoms with Gasteiger partial charge in [0.15, 0.2) is 0 Å². The third-order valence-corrected chi connectivity index (χ3v) is 5.16. The van der Waals surface area contributed by atoms with Gasteiger partial charge in [0.05, 0.1) is 12.3 Å². The number of anilines is 1. The largest absolute Gasteiger partial charge is 0.465 e. The van der Waals surface area contributed by atoms with Crippen molar-refractivity contribution in [2.45, 2.75) is 63.5 Å². The first-order chi connectivity index (χ1) is 12.3. The van der Waals surface area contributed by atoms with Crippen LogP contribution in [0.5, 0.6) is 0 Å². The van der Waals surface area contributed by atoms with Crippen molar-refractivity contribution < 1.29 is 23.1 Å². The summed E-state index contributed by atoms with van der Waals surface area (Å²) in [6, 6.07) is 1.96. The van der Waals surface area contributed by atoms with Gasteiger partial charge in [0.1, 0.15) is 16.9 Å². The fourth-order valence-corrected chi connectivity index (χ4v) is 3.21. The Bertz CT molecular complexity index is 623. The molecule has 0 aromatic heterocycles. The monoisotopic (exact) mass is 387 g/mol. The minimum atomic E-state index is -0.845. The molecule has 0 aliphatic carbocycles. The van der Waals surface area contributed by atoms with Gasteiger partial charge < -0.3 is 10.1 Å². The average molecular weight is 387 g/mol. The van der Waals surface area contributed by atoms with E-state index in [1.165, 1.54) is 6.07 Å². The molecule has 0 radical (unpaired) electrons. The Balaban J connectivity index is 2.97. The lowest BCUT2D eigenvalue weighted by Crippen LogP contribution is -2.26. The van der Waals surface area contributed by atoms with Crippen molar-refractivity contribution in [1.82, 2.24) is 0 Å². The topological polar surface area (TPSA) is 55.4 Å². The Morgan fingerprint density at radius 2 is 1.85 bits per heavy atom. The summed E-state index contributed by atoms with van der Waals surface area (Å²) in [4.78, 5) is 24.1. The second-order valence-electron chi connectivity index (χ2n) is 6.36. The maximum Gasteiger partial charge on any atom is 0.319 e. The smallest absolute Gasteiger partial charge is 0.319 e. The maximum absolute atomic E-state index is 14.2. The number of esters is 1. The summed E-state index contributed by atoms with van der Waals surface area (Å²) in [7, 11) is 0. The van der Waals surface area contributed by atoms with E-state index in [0.717, 1.165) is 30.7 Å². The molecule has 4 nitrogen and oxygen atoms in total. The number of hydrogen-bond donors (Lipinski definition) is 1. The van der Waals surface area contributed by atoms with Crippen molar-refractivity contribution in [2.75, 3.05) is 11.9 Å². The fourth-order valence-electron chi connectivity index (χ4n) is 2.15. The number of amides is 1. The molecule has 1 aromatic carbocycles. The predicted molar refractivity (Wildman–Crippen MR) is 100 cm³/mol. The third kappa shape index (κ3) is 6.94. The lowest BCUT2D eigenvalue weighted by Gasteiger charge is -2.20. The Morgan fingerprint density at radius 1 is 1.15 bits per heavy atom. The molecule has 26 heavy (non-hydrogen) atoms. The standard InChI is InChI=1S/C19H27F2NO3S/c1-5-7-9-25-19(24)18(12(3)4)26-16-11-15(13(20)10-14(16)21)22-17(23)8-6-2/h10-12,18H,5-9H2,1-4H3,(H,22,23). The highest BCUT2D eigenvalue weighted by Gasteiger charge is 2.27. The van der Waals surface area contributed by atoms with Crippen molar-refractivity contribution in [2.24, 2.45) is 5.92 Å². The number of carbonyl (C=O) groups excluding carboxylic acids is 2. The van der Waals surface area contributed by atoms with Gasteiger partial charge in [-0.05, 0) is 24.8 Å². The highest BCUT2D eigenvalue weighted by Crippen LogP contribution is 2.34. The lowest BCUT2D eigenvalue weighted by atomic mass is 10.1. The number of rotatable bonds is 10. The molecule has 0 saturated heterocycles. The summed E-state index contributed by atoms with van der Waals surface area (Å²) in [5.74, 6) is -2.47. The summed E-state index contributed by atoms with van der Waals surface area (Å²) < 4.78 is 33.4. The minimum absolute atomic E-state index is 0.0887. The molecule has 1 rings (SSSR count). The molecule has 1 atom stereocenters. The average Bonchev–Trinajstić information content (AvgIpc) is 2.56. The molecule has 1 N–H and O–H groups in total. The van der Waals surface area contributed by atoms with E-state index in [0.29, 0.717) is 13.0 Å². The van der Waals surface area contributed by atoms with E-state index in [9.17, 15) is 18.4 Å². The SMILES string of the molecule is CCCCOC(=O)C(Sc1cc(NC(=O)CCC)c(F)cc1F)C(C)C. The Kier molecular flexibility index (Phi) is 9.62. The molecule has 1 aromatic rings. The first-order valence-electron chi connectivity index (χ1n) is 8.92. The number of nitrogens with one attached hydrogen (secondary N) is 1. The van der Waals surface area contributed by atoms with Crippen LogP contribution in [0.1, 0.15) is 53.4 Å². The summed E-state index contributed by atoms with van der Waals surface area (Å²) in [5.41, 5.74) is -0.0887. The molecule has 0 aliphatic heterocycles. The first-order valence-corrected chi connectivity index (χ1v) is 9.80. The van der Waals surface area contributed by atoms with Crippen LogP contribution in [-0.2, 0) is 14.3 Å². The molecule has 0 bridgehead atoms. The van der Waals surface area contributed by atoms with Crippen molar-refractivity contribution >= 4 is 29.3 Å². The van der Waals surface area contributed by atoms with Gasteiger partial charge >= 0.3 is 5.97 Å². The van der Waals surface area contributed by atoms with E-state index >= 15 is 0 Å². The zero-order valence-electron chi connectivity index (χ0n) is 15.7. The van der Waals surface area contributed by atoms with Crippen LogP contribution in [0.4, 0.5) is 14.5 Å². The van der Waals surface area contributed by atoms with Gasteiger partial charge in [0, 0.05) is 17.4 Å². The van der Waals surface area contributed by atoms with Crippen LogP contribution in [0.25, 0.3) is 0 Å². The van der Waals surface area contributed by atoms with Gasteiger partial charge in [-0.1, -0.05) is 34.1 Å². The quantitative estimate of drug-likeness (QED) is 0.342. The van der Waals surface area contributed by atoms with Crippen LogP contribution < -0.4 is 5.32 Å². The molecular weight excluding hydrogens is 360 g/mol. The molecule has 0 aliphatic rings. The minimum Gasteiger partial charge on any atom is -0.465 e. The van der Waals surface area contributed by atoms with Crippen LogP contribution in [0.3, 0.4) is 0 Å². The van der Waals surface area contributed by atoms with Gasteiger partial charge in [0.2, 0.25) is 5.91 Å². The van der Waals surface area contributed by atoms with Gasteiger partial charge in [-0.2, -0.15) is 0 Å². The van der Waals surface area contributed by atoms with Gasteiger partial charge in [-0.3, -0.25) is 9.59 Å². The number of thioether (sulfide) groups is 1. The second-order valence-corrected chi connectivity index (χ2v) is 7.55. The van der Waals surface area contributed by atoms with Crippen LogP contribution in [0.2, 0.25) is 0 Å². The summed E-state index contributed by atoms with van der Waals surface area (Å²) in [6.45, 7) is 7.82. The Morgan fingerprint density at radius 3 is 2.42 bits per heavy atom. The van der Waals surface area contributed by atoms with E-state index < -0.39 is 22.9 Å². The zero-order valence-corrected chi connectivity index (χ0v) is 16.6. The van der Waals surface area contributed by atoms with Crippen molar-refractivity contribution in [1.29, 1.82) is 0 Å². The first kappa shape index (κ1) is 22.4. The number of hydrogen-bond acceptors (Lipinski definition) is 4. The summed E-state index contributed by atoms with van der Waals surface area (Å²) in [6.07, 6.45) is 2.53. The molecule has 1 unspecified atom stereocenters. The normalized spacial score (nSPS) is 12.1. The molecule has 146 valence electrons. The van der Waals surface area contributed by atoms with E-state index in [2.05, 4.69) is 5.32 Å². The summed E-state index contributed by atoms with van der Waals surface area (Å²) >= 11 is 0.985. The predicted octanol–water partition coefficient (Wildman–Crippen LogP) is 5.16. The molecule has 0 spiro atoms. The van der Waals surface area contributed by atoms with Crippen molar-refractivity contribution in [3.63, 3.8) is 0 Å². The number of carbonyl (C=O) groups is 2. The van der Waals surface area contributed by atoms with Crippen LogP contribution >= 0.6 is 11.8 Å². The van der Waals surface area contributed by atoms with Crippen molar-refractivity contribution in [3.8, 4) is 0 Å². The highest BCUT2D eigenvalue weighted by molar-refractivity contribution is 8.00. The number of halogens is 2. The van der Waals surface area contributed by atoms with E-state index in [4.69, 9.17) is 4.74 Å². The molecule has 7 heteroatoms. The molecule has 1 amide bonds. The highest BCUT2D eigenvalue weighted by atomic mass is 32.2. The van der Waals surface area contributed by atoms with E-state index in [1.807, 2.05) is 27.7 Å². The van der Waals surface area contributed by atoms with E-state index in [1.54, 1.807) is 0 Å². The number of ether oxygens (including phenoxy) is 1. The second kappa shape index (κ2) is 11.2. The molecule has 0 heterocycles. The van der Waals surface area contributed by atoms with Crippen LogP contribution in [-0.4, -0.2) is 23.7 Å². The number of benzene rings is 1. The Hall–Kier alpha value is -1.63. The fraction of sp³-hybridized carbons (Fsp3) is 0.579. The van der Waals surface area contributed by atoms with E-state index in [-0.39, 0.29) is 28.8 Å². The number of unbranched alkanes of at least 4 members (excludes halogenated alkanes) is 1. The van der Waals surface area contributed by atoms with Gasteiger partial charge in [-0.15, -0.1) is 11.8 Å².